The maximum Gasteiger partial charge on any atom is 0.261 e. The lowest BCUT2D eigenvalue weighted by atomic mass is 10.4. The van der Waals surface area contributed by atoms with E-state index < -0.39 is 0 Å². The van der Waals surface area contributed by atoms with Gasteiger partial charge in [-0.25, -0.2) is 0 Å². The summed E-state index contributed by atoms with van der Waals surface area (Å²) in [6.07, 6.45) is 0. The molecule has 0 saturated heterocycles. The van der Waals surface area contributed by atoms with Gasteiger partial charge in [0.1, 0.15) is 0 Å². The first kappa shape index (κ1) is 14.5. The molecule has 0 saturated carbocycles. The number of nitrogens with one attached hydrogen (secondary N) is 1. The number of likely N-dealkylation sites (N-methyl/N-ethyl adjacent to an activating group) is 1. The normalized spacial score (nSPS) is 10.8. The third-order valence-corrected chi connectivity index (χ3v) is 3.63. The summed E-state index contributed by atoms with van der Waals surface area (Å²) in [4.78, 5) is 15.3. The van der Waals surface area contributed by atoms with Gasteiger partial charge in [0, 0.05) is 37.0 Å². The maximum absolute atomic E-state index is 11.7. The van der Waals surface area contributed by atoms with Crippen molar-refractivity contribution >= 4 is 29.9 Å². The Hall–Kier alpha value is -0.560. The minimum atomic E-state index is -0.0320. The molecule has 1 N–H and O–H groups in total. The SMILES string of the molecule is COCCN(C)CCNC(=O)c1cc(S)cs1. The predicted molar refractivity (Wildman–Crippen MR) is 73.3 cm³/mol. The molecule has 0 unspecified atom stereocenters. The van der Waals surface area contributed by atoms with Crippen LogP contribution in [-0.4, -0.2) is 51.2 Å². The fourth-order valence-electron chi connectivity index (χ4n) is 1.25. The second-order valence-corrected chi connectivity index (χ2v) is 5.15. The summed E-state index contributed by atoms with van der Waals surface area (Å²) in [7, 11) is 3.68. The van der Waals surface area contributed by atoms with E-state index in [9.17, 15) is 4.79 Å². The second-order valence-electron chi connectivity index (χ2n) is 3.72. The van der Waals surface area contributed by atoms with Crippen LogP contribution in [0.3, 0.4) is 0 Å². The Morgan fingerprint density at radius 2 is 2.35 bits per heavy atom. The molecule has 0 aliphatic heterocycles. The van der Waals surface area contributed by atoms with E-state index in [2.05, 4.69) is 22.8 Å². The third kappa shape index (κ3) is 5.54. The Balaban J connectivity index is 2.20. The zero-order valence-electron chi connectivity index (χ0n) is 10.1. The van der Waals surface area contributed by atoms with Crippen molar-refractivity contribution in [2.45, 2.75) is 4.90 Å². The largest absolute Gasteiger partial charge is 0.383 e. The minimum absolute atomic E-state index is 0.0320. The highest BCUT2D eigenvalue weighted by Crippen LogP contribution is 2.17. The van der Waals surface area contributed by atoms with Gasteiger partial charge in [0.2, 0.25) is 0 Å². The Morgan fingerprint density at radius 3 is 2.94 bits per heavy atom. The van der Waals surface area contributed by atoms with E-state index >= 15 is 0 Å². The van der Waals surface area contributed by atoms with Crippen LogP contribution in [-0.2, 0) is 4.74 Å². The van der Waals surface area contributed by atoms with Gasteiger partial charge in [-0.1, -0.05) is 0 Å². The fraction of sp³-hybridized carbons (Fsp3) is 0.545. The highest BCUT2D eigenvalue weighted by Gasteiger charge is 2.07. The van der Waals surface area contributed by atoms with Gasteiger partial charge in [-0.05, 0) is 13.1 Å². The van der Waals surface area contributed by atoms with E-state index in [0.717, 1.165) is 18.0 Å². The number of ether oxygens (including phenoxy) is 1. The van der Waals surface area contributed by atoms with Crippen LogP contribution in [0.25, 0.3) is 0 Å². The van der Waals surface area contributed by atoms with E-state index in [0.29, 0.717) is 18.0 Å². The second kappa shape index (κ2) is 7.71. The first-order valence-electron chi connectivity index (χ1n) is 5.36. The quantitative estimate of drug-likeness (QED) is 0.737. The summed E-state index contributed by atoms with van der Waals surface area (Å²) in [5.74, 6) is -0.0320. The Morgan fingerprint density at radius 1 is 1.59 bits per heavy atom. The lowest BCUT2D eigenvalue weighted by Crippen LogP contribution is -2.34. The molecule has 0 radical (unpaired) electrons. The van der Waals surface area contributed by atoms with Crippen molar-refractivity contribution in [2.75, 3.05) is 40.4 Å². The summed E-state index contributed by atoms with van der Waals surface area (Å²) in [5, 5.41) is 4.72. The van der Waals surface area contributed by atoms with Crippen molar-refractivity contribution in [2.24, 2.45) is 0 Å². The maximum atomic E-state index is 11.7. The molecule has 0 bridgehead atoms. The van der Waals surface area contributed by atoms with Crippen molar-refractivity contribution in [3.05, 3.63) is 16.3 Å². The zero-order valence-corrected chi connectivity index (χ0v) is 11.8. The molecule has 6 heteroatoms. The molecule has 0 aromatic carbocycles. The van der Waals surface area contributed by atoms with Gasteiger partial charge < -0.3 is 15.0 Å². The lowest BCUT2D eigenvalue weighted by molar-refractivity contribution is 0.0951. The number of thiophene rings is 1. The molecule has 1 rings (SSSR count). The third-order valence-electron chi connectivity index (χ3n) is 2.27. The molecule has 0 aliphatic rings. The number of hydrogen-bond donors (Lipinski definition) is 2. The number of nitrogens with zero attached hydrogens (tertiary/aromatic N) is 1. The van der Waals surface area contributed by atoms with Gasteiger partial charge >= 0.3 is 0 Å². The van der Waals surface area contributed by atoms with Gasteiger partial charge in [-0.2, -0.15) is 0 Å². The molecule has 1 aromatic rings. The molecular weight excluding hydrogens is 256 g/mol. The van der Waals surface area contributed by atoms with Crippen LogP contribution >= 0.6 is 24.0 Å². The van der Waals surface area contributed by atoms with Crippen LogP contribution in [0.4, 0.5) is 0 Å². The average Bonchev–Trinajstić information content (AvgIpc) is 2.73. The smallest absolute Gasteiger partial charge is 0.261 e. The molecular formula is C11H18N2O2S2. The summed E-state index contributed by atoms with van der Waals surface area (Å²) in [6.45, 7) is 3.03. The molecule has 17 heavy (non-hydrogen) atoms. The van der Waals surface area contributed by atoms with Crippen LogP contribution in [0.1, 0.15) is 9.67 Å². The lowest BCUT2D eigenvalue weighted by Gasteiger charge is -2.15. The number of rotatable bonds is 7. The van der Waals surface area contributed by atoms with Crippen molar-refractivity contribution in [1.82, 2.24) is 10.2 Å². The van der Waals surface area contributed by atoms with Gasteiger partial charge in [0.05, 0.1) is 11.5 Å². The summed E-state index contributed by atoms with van der Waals surface area (Å²) >= 11 is 5.58. The van der Waals surface area contributed by atoms with E-state index in [1.54, 1.807) is 13.2 Å². The van der Waals surface area contributed by atoms with E-state index in [4.69, 9.17) is 4.74 Å². The van der Waals surface area contributed by atoms with Gasteiger partial charge in [0.25, 0.3) is 5.91 Å². The van der Waals surface area contributed by atoms with Crippen LogP contribution in [0.15, 0.2) is 16.3 Å². The van der Waals surface area contributed by atoms with Gasteiger partial charge in [0.15, 0.2) is 0 Å². The molecule has 4 nitrogen and oxygen atoms in total. The summed E-state index contributed by atoms with van der Waals surface area (Å²) in [5.41, 5.74) is 0. The first-order chi connectivity index (χ1) is 8.13. The summed E-state index contributed by atoms with van der Waals surface area (Å²) < 4.78 is 4.98. The zero-order chi connectivity index (χ0) is 12.7. The number of amides is 1. The Bertz CT molecular complexity index is 355. The number of carbonyl (C=O) groups excluding carboxylic acids is 1. The predicted octanol–water partition coefficient (Wildman–Crippen LogP) is 1.34. The number of thiol groups is 1. The average molecular weight is 274 g/mol. The fourth-order valence-corrected chi connectivity index (χ4v) is 2.32. The topological polar surface area (TPSA) is 41.6 Å². The standard InChI is InChI=1S/C11H18N2O2S2/c1-13(5-6-15-2)4-3-12-11(14)10-7-9(16)8-17-10/h7-8,16H,3-6H2,1-2H3,(H,12,14). The van der Waals surface area contributed by atoms with E-state index in [1.165, 1.54) is 11.3 Å². The van der Waals surface area contributed by atoms with Crippen LogP contribution in [0, 0.1) is 0 Å². The molecule has 1 amide bonds. The number of carbonyl (C=O) groups is 1. The first-order valence-corrected chi connectivity index (χ1v) is 6.69. The van der Waals surface area contributed by atoms with Crippen LogP contribution in [0.2, 0.25) is 0 Å². The Kier molecular flexibility index (Phi) is 6.57. The van der Waals surface area contributed by atoms with Crippen molar-refractivity contribution in [1.29, 1.82) is 0 Å². The Labute approximate surface area is 111 Å². The highest BCUT2D eigenvalue weighted by molar-refractivity contribution is 7.80. The van der Waals surface area contributed by atoms with E-state index in [1.807, 2.05) is 12.4 Å². The number of hydrogen-bond acceptors (Lipinski definition) is 5. The summed E-state index contributed by atoms with van der Waals surface area (Å²) in [6, 6.07) is 1.78. The molecule has 1 heterocycles. The van der Waals surface area contributed by atoms with Crippen molar-refractivity contribution < 1.29 is 9.53 Å². The van der Waals surface area contributed by atoms with Crippen molar-refractivity contribution in [3.8, 4) is 0 Å². The van der Waals surface area contributed by atoms with Crippen LogP contribution < -0.4 is 5.32 Å². The number of methoxy groups -OCH3 is 1. The molecule has 0 aliphatic carbocycles. The molecule has 96 valence electrons. The minimum Gasteiger partial charge on any atom is -0.383 e. The van der Waals surface area contributed by atoms with Crippen LogP contribution in [0.5, 0.6) is 0 Å². The molecule has 0 fully saturated rings. The molecule has 0 spiro atoms. The van der Waals surface area contributed by atoms with E-state index in [-0.39, 0.29) is 5.91 Å². The molecule has 1 aromatic heterocycles. The molecule has 0 atom stereocenters. The van der Waals surface area contributed by atoms with Crippen molar-refractivity contribution in [3.63, 3.8) is 0 Å². The van der Waals surface area contributed by atoms with Gasteiger partial charge in [-0.15, -0.1) is 24.0 Å². The monoisotopic (exact) mass is 274 g/mol. The highest BCUT2D eigenvalue weighted by atomic mass is 32.1. The van der Waals surface area contributed by atoms with Gasteiger partial charge in [-0.3, -0.25) is 4.79 Å².